The lowest BCUT2D eigenvalue weighted by Gasteiger charge is -2.61. The monoisotopic (exact) mass is 711 g/mol. The summed E-state index contributed by atoms with van der Waals surface area (Å²) < 4.78 is 6.39. The van der Waals surface area contributed by atoms with Crippen molar-refractivity contribution in [2.75, 3.05) is 4.90 Å². The molecule has 2 heteroatoms. The van der Waals surface area contributed by atoms with Crippen molar-refractivity contribution >= 4 is 39.0 Å². The Kier molecular flexibility index (Phi) is 5.71. The lowest BCUT2D eigenvalue weighted by molar-refractivity contribution is -0.0399. The van der Waals surface area contributed by atoms with Crippen molar-refractivity contribution in [3.63, 3.8) is 0 Å². The number of rotatable bonds is 3. The van der Waals surface area contributed by atoms with Crippen molar-refractivity contribution in [3.8, 4) is 22.3 Å². The average Bonchev–Trinajstić information content (AvgIpc) is 4.04. The second-order valence-electron chi connectivity index (χ2n) is 18.9. The molecule has 3 unspecified atom stereocenters. The molecular formula is C53H45NO. The zero-order chi connectivity index (χ0) is 35.6. The number of hydrogen-bond donors (Lipinski definition) is 0. The molecule has 6 bridgehead atoms. The molecule has 8 aliphatic rings. The fourth-order valence-electron chi connectivity index (χ4n) is 15.1. The molecule has 268 valence electrons. The van der Waals surface area contributed by atoms with Gasteiger partial charge in [0.15, 0.2) is 0 Å². The van der Waals surface area contributed by atoms with Gasteiger partial charge in [-0.15, -0.1) is 0 Å². The van der Waals surface area contributed by atoms with Crippen LogP contribution in [-0.2, 0) is 10.8 Å². The molecule has 55 heavy (non-hydrogen) atoms. The zero-order valence-corrected chi connectivity index (χ0v) is 31.3. The number of para-hydroxylation sites is 1. The Bertz CT molecular complexity index is 2760. The van der Waals surface area contributed by atoms with Crippen LogP contribution >= 0.6 is 0 Å². The molecular weight excluding hydrogens is 667 g/mol. The van der Waals surface area contributed by atoms with Crippen LogP contribution in [0, 0.1) is 35.5 Å². The molecule has 1 aromatic heterocycles. The number of anilines is 3. The van der Waals surface area contributed by atoms with Crippen LogP contribution in [0.1, 0.15) is 80.0 Å². The van der Waals surface area contributed by atoms with Gasteiger partial charge in [0.1, 0.15) is 11.2 Å². The van der Waals surface area contributed by atoms with E-state index in [1.54, 1.807) is 22.3 Å². The largest absolute Gasteiger partial charge is 0.456 e. The van der Waals surface area contributed by atoms with Gasteiger partial charge in [-0.1, -0.05) is 85.3 Å². The minimum atomic E-state index is 0.123. The van der Waals surface area contributed by atoms with Gasteiger partial charge in [0, 0.05) is 38.7 Å². The van der Waals surface area contributed by atoms with Crippen LogP contribution in [0.5, 0.6) is 0 Å². The number of benzene rings is 6. The molecule has 7 aromatic rings. The molecule has 2 spiro atoms. The Morgan fingerprint density at radius 1 is 0.436 bits per heavy atom. The molecule has 0 aliphatic heterocycles. The number of furan rings is 1. The van der Waals surface area contributed by atoms with Crippen molar-refractivity contribution in [1.29, 1.82) is 0 Å². The molecule has 1 heterocycles. The average molecular weight is 712 g/mol. The maximum Gasteiger partial charge on any atom is 0.135 e. The number of fused-ring (bicyclic) bond motifs is 14. The minimum Gasteiger partial charge on any atom is -0.456 e. The minimum absolute atomic E-state index is 0.123. The first kappa shape index (κ1) is 30.2. The van der Waals surface area contributed by atoms with Crippen LogP contribution in [0.25, 0.3) is 44.2 Å². The molecule has 0 radical (unpaired) electrons. The fourth-order valence-corrected chi connectivity index (χ4v) is 15.1. The molecule has 0 N–H and O–H groups in total. The van der Waals surface area contributed by atoms with Crippen LogP contribution < -0.4 is 4.90 Å². The molecule has 6 saturated carbocycles. The van der Waals surface area contributed by atoms with Gasteiger partial charge in [-0.25, -0.2) is 0 Å². The summed E-state index contributed by atoms with van der Waals surface area (Å²) in [5, 5.41) is 2.36. The molecule has 0 saturated heterocycles. The maximum absolute atomic E-state index is 6.39. The summed E-state index contributed by atoms with van der Waals surface area (Å²) in [6, 6.07) is 49.5. The van der Waals surface area contributed by atoms with Crippen LogP contribution in [0.15, 0.2) is 132 Å². The quantitative estimate of drug-likeness (QED) is 0.181. The zero-order valence-electron chi connectivity index (χ0n) is 31.3. The van der Waals surface area contributed by atoms with E-state index in [1.807, 2.05) is 0 Å². The normalized spacial score (nSPS) is 31.1. The van der Waals surface area contributed by atoms with Gasteiger partial charge in [0.25, 0.3) is 0 Å². The molecule has 3 atom stereocenters. The summed E-state index contributed by atoms with van der Waals surface area (Å²) in [5.74, 6) is 4.89. The molecule has 6 fully saturated rings. The van der Waals surface area contributed by atoms with E-state index in [2.05, 4.69) is 132 Å². The highest BCUT2D eigenvalue weighted by atomic mass is 16.3. The molecule has 0 amide bonds. The first-order chi connectivity index (χ1) is 27.2. The molecule has 6 aromatic carbocycles. The van der Waals surface area contributed by atoms with Gasteiger partial charge >= 0.3 is 0 Å². The topological polar surface area (TPSA) is 16.4 Å². The fraction of sp³-hybridized carbons (Fsp3) is 0.321. The molecule has 15 rings (SSSR count). The number of hydrogen-bond acceptors (Lipinski definition) is 2. The van der Waals surface area contributed by atoms with E-state index in [0.29, 0.717) is 0 Å². The maximum atomic E-state index is 6.39. The van der Waals surface area contributed by atoms with Crippen molar-refractivity contribution in [1.82, 2.24) is 0 Å². The summed E-state index contributed by atoms with van der Waals surface area (Å²) in [6.45, 7) is 0. The Morgan fingerprint density at radius 2 is 1.02 bits per heavy atom. The third kappa shape index (κ3) is 3.69. The van der Waals surface area contributed by atoms with E-state index in [4.69, 9.17) is 4.42 Å². The Labute approximate surface area is 323 Å². The van der Waals surface area contributed by atoms with Gasteiger partial charge < -0.3 is 9.32 Å². The van der Waals surface area contributed by atoms with Crippen molar-refractivity contribution in [3.05, 3.63) is 150 Å². The smallest absolute Gasteiger partial charge is 0.135 e. The summed E-state index contributed by atoms with van der Waals surface area (Å²) >= 11 is 0. The first-order valence-corrected chi connectivity index (χ1v) is 21.4. The van der Waals surface area contributed by atoms with Crippen LogP contribution in [0.2, 0.25) is 0 Å². The van der Waals surface area contributed by atoms with Gasteiger partial charge in [-0.3, -0.25) is 0 Å². The van der Waals surface area contributed by atoms with Gasteiger partial charge in [0.2, 0.25) is 0 Å². The van der Waals surface area contributed by atoms with E-state index < -0.39 is 0 Å². The summed E-state index contributed by atoms with van der Waals surface area (Å²) in [5.41, 5.74) is 18.2. The van der Waals surface area contributed by atoms with E-state index >= 15 is 0 Å². The lowest BCUT2D eigenvalue weighted by atomic mass is 9.43. The van der Waals surface area contributed by atoms with E-state index in [-0.39, 0.29) is 10.8 Å². The second kappa shape index (κ2) is 10.4. The van der Waals surface area contributed by atoms with Crippen LogP contribution in [-0.4, -0.2) is 0 Å². The summed E-state index contributed by atoms with van der Waals surface area (Å²) in [4.78, 5) is 2.61. The third-order valence-electron chi connectivity index (χ3n) is 16.7. The first-order valence-electron chi connectivity index (χ1n) is 21.4. The van der Waals surface area contributed by atoms with E-state index in [1.165, 1.54) is 108 Å². The predicted octanol–water partition coefficient (Wildman–Crippen LogP) is 13.9. The summed E-state index contributed by atoms with van der Waals surface area (Å²) in [6.07, 6.45) is 12.5. The highest BCUT2D eigenvalue weighted by Crippen LogP contribution is 2.70. The van der Waals surface area contributed by atoms with Crippen molar-refractivity contribution < 1.29 is 4.42 Å². The lowest BCUT2D eigenvalue weighted by Crippen LogP contribution is -2.55. The summed E-state index contributed by atoms with van der Waals surface area (Å²) in [7, 11) is 0. The molecule has 2 nitrogen and oxygen atoms in total. The van der Waals surface area contributed by atoms with Crippen molar-refractivity contribution in [2.24, 2.45) is 35.5 Å². The van der Waals surface area contributed by atoms with Crippen molar-refractivity contribution in [2.45, 2.75) is 68.6 Å². The van der Waals surface area contributed by atoms with Gasteiger partial charge in [-0.05, 0) is 180 Å². The standard InChI is InChI=1S/C53H45NO/c1-4-10-46-40(7-1)42-18-15-38(28-48(42)52(46)30-31-13-14-34(52)22-31)54(37-17-20-51-45(27-37)44-9-3-6-12-50(44)55-51)39-16-19-43-41-8-2-5-11-47(41)53(49(43)29-39)35-23-32-21-33(25-35)26-36(53)24-32/h1-12,15-20,27-29,31-36H,13-14,21-26,30H2. The Hall–Kier alpha value is -5.08. The van der Waals surface area contributed by atoms with Gasteiger partial charge in [0.05, 0.1) is 0 Å². The second-order valence-corrected chi connectivity index (χ2v) is 18.9. The Morgan fingerprint density at radius 3 is 1.76 bits per heavy atom. The third-order valence-corrected chi connectivity index (χ3v) is 16.7. The highest BCUT2D eigenvalue weighted by Gasteiger charge is 2.62. The van der Waals surface area contributed by atoms with Crippen LogP contribution in [0.4, 0.5) is 17.1 Å². The van der Waals surface area contributed by atoms with Crippen LogP contribution in [0.3, 0.4) is 0 Å². The highest BCUT2D eigenvalue weighted by molar-refractivity contribution is 6.06. The Balaban J connectivity index is 1.01. The van der Waals surface area contributed by atoms with E-state index in [0.717, 1.165) is 46.7 Å². The number of nitrogens with zero attached hydrogens (tertiary/aromatic N) is 1. The SMILES string of the molecule is c1ccc2c(c1)-c1ccc(N(c3ccc4c(c3)C3(c5ccccc5-4)C4CC5CC(C4)CC3C5)c3ccc4oc5ccccc5c4c3)cc1C21CC2CCC1C2. The van der Waals surface area contributed by atoms with E-state index in [9.17, 15) is 0 Å². The van der Waals surface area contributed by atoms with Gasteiger partial charge in [-0.2, -0.15) is 0 Å². The predicted molar refractivity (Wildman–Crippen MR) is 223 cm³/mol. The molecule has 8 aliphatic carbocycles.